The van der Waals surface area contributed by atoms with Crippen LogP contribution in [0, 0.1) is 13.8 Å². The van der Waals surface area contributed by atoms with Crippen LogP contribution in [-0.2, 0) is 0 Å². The van der Waals surface area contributed by atoms with Crippen LogP contribution in [0.2, 0.25) is 0 Å². The van der Waals surface area contributed by atoms with Crippen LogP contribution in [0.25, 0.3) is 0 Å². The van der Waals surface area contributed by atoms with Gasteiger partial charge in [0.15, 0.2) is 5.84 Å². The van der Waals surface area contributed by atoms with Crippen molar-refractivity contribution in [1.82, 2.24) is 20.5 Å². The molecule has 0 atom stereocenters. The molecule has 24 heavy (non-hydrogen) atoms. The van der Waals surface area contributed by atoms with E-state index in [1.807, 2.05) is 79.6 Å². The summed E-state index contributed by atoms with van der Waals surface area (Å²) in [5, 5.41) is 16.5. The van der Waals surface area contributed by atoms with E-state index in [0.717, 1.165) is 28.5 Å². The quantitative estimate of drug-likeness (QED) is 0.801. The third-order valence-electron chi connectivity index (χ3n) is 3.90. The Bertz CT molecular complexity index is 870. The number of benzene rings is 2. The lowest BCUT2D eigenvalue weighted by atomic mass is 10.2. The number of hydrazine groups is 2. The highest BCUT2D eigenvalue weighted by Crippen LogP contribution is 2.19. The van der Waals surface area contributed by atoms with E-state index in [9.17, 15) is 0 Å². The number of aromatic nitrogens is 3. The highest BCUT2D eigenvalue weighted by molar-refractivity contribution is 6.01. The molecule has 0 saturated heterocycles. The topological polar surface area (TPSA) is 61.6 Å². The molecule has 0 bridgehead atoms. The minimum Gasteiger partial charge on any atom is -0.257 e. The standard InChI is InChI=1S/C17H17N7/c1-13-14(2)22(21-18-13)24-20-17(15-9-5-3-6-10-15)19-23(24)16-11-7-4-8-12-16/h3-12H,1-2H3,(H,19,20). The molecule has 0 fully saturated rings. The van der Waals surface area contributed by atoms with Crippen molar-refractivity contribution >= 4 is 11.5 Å². The second kappa shape index (κ2) is 5.69. The van der Waals surface area contributed by atoms with E-state index >= 15 is 0 Å². The summed E-state index contributed by atoms with van der Waals surface area (Å²) in [6.45, 7) is 3.89. The Morgan fingerprint density at radius 3 is 2.17 bits per heavy atom. The normalized spacial score (nSPS) is 13.8. The summed E-state index contributed by atoms with van der Waals surface area (Å²) in [5.41, 5.74) is 7.06. The van der Waals surface area contributed by atoms with E-state index in [0.29, 0.717) is 0 Å². The first-order valence-corrected chi connectivity index (χ1v) is 7.69. The molecule has 1 N–H and O–H groups in total. The number of anilines is 1. The molecular weight excluding hydrogens is 302 g/mol. The summed E-state index contributed by atoms with van der Waals surface area (Å²) in [6, 6.07) is 19.9. The third kappa shape index (κ3) is 2.36. The fraction of sp³-hybridized carbons (Fsp3) is 0.118. The maximum atomic E-state index is 4.69. The van der Waals surface area contributed by atoms with E-state index < -0.39 is 0 Å². The average molecular weight is 319 g/mol. The first-order valence-electron chi connectivity index (χ1n) is 7.69. The maximum Gasteiger partial charge on any atom is 0.177 e. The minimum atomic E-state index is 0.743. The summed E-state index contributed by atoms with van der Waals surface area (Å²) in [5.74, 6) is 0.743. The Hall–Kier alpha value is -3.35. The Balaban J connectivity index is 1.78. The van der Waals surface area contributed by atoms with Gasteiger partial charge in [-0.3, -0.25) is 5.43 Å². The SMILES string of the molecule is Cc1nnn(N2N=C(c3ccccc3)NN2c2ccccc2)c1C. The Morgan fingerprint density at radius 1 is 0.875 bits per heavy atom. The van der Waals surface area contributed by atoms with Gasteiger partial charge in [-0.15, -0.1) is 15.0 Å². The van der Waals surface area contributed by atoms with Gasteiger partial charge in [-0.1, -0.05) is 53.8 Å². The molecule has 0 radical (unpaired) electrons. The Morgan fingerprint density at radius 2 is 1.54 bits per heavy atom. The van der Waals surface area contributed by atoms with Crippen molar-refractivity contribution in [3.8, 4) is 0 Å². The smallest absolute Gasteiger partial charge is 0.177 e. The largest absolute Gasteiger partial charge is 0.257 e. The number of hydrazone groups is 1. The number of para-hydroxylation sites is 1. The lowest BCUT2D eigenvalue weighted by Crippen LogP contribution is -2.50. The fourth-order valence-corrected chi connectivity index (χ4v) is 2.45. The lowest BCUT2D eigenvalue weighted by Gasteiger charge is -2.27. The second-order valence-corrected chi connectivity index (χ2v) is 5.49. The van der Waals surface area contributed by atoms with Gasteiger partial charge in [0.25, 0.3) is 0 Å². The van der Waals surface area contributed by atoms with E-state index in [1.165, 1.54) is 0 Å². The zero-order valence-electron chi connectivity index (χ0n) is 13.5. The Kier molecular flexibility index (Phi) is 3.38. The second-order valence-electron chi connectivity index (χ2n) is 5.49. The van der Waals surface area contributed by atoms with Crippen molar-refractivity contribution in [3.05, 3.63) is 77.6 Å². The monoisotopic (exact) mass is 319 g/mol. The first kappa shape index (κ1) is 14.3. The predicted octanol–water partition coefficient (Wildman–Crippen LogP) is 2.13. The number of amidine groups is 1. The van der Waals surface area contributed by atoms with E-state index in [-0.39, 0.29) is 0 Å². The van der Waals surface area contributed by atoms with Gasteiger partial charge in [0.2, 0.25) is 0 Å². The van der Waals surface area contributed by atoms with Crippen molar-refractivity contribution in [1.29, 1.82) is 0 Å². The fourth-order valence-electron chi connectivity index (χ4n) is 2.45. The van der Waals surface area contributed by atoms with Crippen LogP contribution in [0.3, 0.4) is 0 Å². The lowest BCUT2D eigenvalue weighted by molar-refractivity contribution is 0.502. The van der Waals surface area contributed by atoms with E-state index in [4.69, 9.17) is 0 Å². The maximum absolute atomic E-state index is 4.69. The van der Waals surface area contributed by atoms with Gasteiger partial charge in [0, 0.05) is 5.56 Å². The van der Waals surface area contributed by atoms with Gasteiger partial charge in [0.05, 0.1) is 17.1 Å². The summed E-state index contributed by atoms with van der Waals surface area (Å²) in [7, 11) is 0. The average Bonchev–Trinajstić information content (AvgIpc) is 3.21. The molecule has 1 aliphatic heterocycles. The van der Waals surface area contributed by atoms with E-state index in [1.54, 1.807) is 10.0 Å². The molecule has 4 rings (SSSR count). The first-order chi connectivity index (χ1) is 11.7. The molecule has 0 spiro atoms. The predicted molar refractivity (Wildman–Crippen MR) is 92.7 cm³/mol. The van der Waals surface area contributed by atoms with Crippen molar-refractivity contribution in [2.24, 2.45) is 5.10 Å². The minimum absolute atomic E-state index is 0.743. The summed E-state index contributed by atoms with van der Waals surface area (Å²) in [4.78, 5) is 1.67. The van der Waals surface area contributed by atoms with Gasteiger partial charge in [-0.25, -0.2) is 0 Å². The van der Waals surface area contributed by atoms with Gasteiger partial charge in [-0.2, -0.15) is 5.12 Å². The molecule has 0 aliphatic carbocycles. The van der Waals surface area contributed by atoms with Gasteiger partial charge in [-0.05, 0) is 31.2 Å². The molecule has 1 aromatic heterocycles. The molecule has 2 heterocycles. The van der Waals surface area contributed by atoms with Crippen LogP contribution >= 0.6 is 0 Å². The number of nitrogens with zero attached hydrogens (tertiary/aromatic N) is 6. The number of rotatable bonds is 3. The van der Waals surface area contributed by atoms with Crippen LogP contribution in [-0.4, -0.2) is 20.9 Å². The molecule has 120 valence electrons. The highest BCUT2D eigenvalue weighted by atomic mass is 16.1. The third-order valence-corrected chi connectivity index (χ3v) is 3.90. The number of nitrogens with one attached hydrogen (secondary N) is 1. The van der Waals surface area contributed by atoms with Crippen LogP contribution in [0.5, 0.6) is 0 Å². The van der Waals surface area contributed by atoms with Gasteiger partial charge in [0.1, 0.15) is 0 Å². The van der Waals surface area contributed by atoms with E-state index in [2.05, 4.69) is 20.8 Å². The van der Waals surface area contributed by atoms with Crippen LogP contribution in [0.15, 0.2) is 65.8 Å². The summed E-state index contributed by atoms with van der Waals surface area (Å²) < 4.78 is 0. The molecule has 1 aliphatic rings. The van der Waals surface area contributed by atoms with Crippen molar-refractivity contribution in [2.45, 2.75) is 13.8 Å². The zero-order valence-corrected chi connectivity index (χ0v) is 13.5. The van der Waals surface area contributed by atoms with Crippen LogP contribution in [0.1, 0.15) is 17.0 Å². The van der Waals surface area contributed by atoms with Crippen molar-refractivity contribution in [2.75, 3.05) is 10.3 Å². The zero-order chi connectivity index (χ0) is 16.5. The molecule has 7 nitrogen and oxygen atoms in total. The summed E-state index contributed by atoms with van der Waals surface area (Å²) >= 11 is 0. The summed E-state index contributed by atoms with van der Waals surface area (Å²) in [6.07, 6.45) is 0. The molecule has 2 aromatic carbocycles. The Labute approximate surface area is 139 Å². The highest BCUT2D eigenvalue weighted by Gasteiger charge is 2.28. The molecule has 0 saturated carbocycles. The van der Waals surface area contributed by atoms with Crippen LogP contribution in [0.4, 0.5) is 5.69 Å². The number of aryl methyl sites for hydroxylation is 1. The molecule has 0 unspecified atom stereocenters. The molecule has 7 heteroatoms. The molecular formula is C17H17N7. The number of hydrogen-bond acceptors (Lipinski definition) is 6. The van der Waals surface area contributed by atoms with Gasteiger partial charge < -0.3 is 0 Å². The van der Waals surface area contributed by atoms with Crippen molar-refractivity contribution in [3.63, 3.8) is 0 Å². The van der Waals surface area contributed by atoms with Gasteiger partial charge >= 0.3 is 0 Å². The van der Waals surface area contributed by atoms with Crippen LogP contribution < -0.4 is 15.8 Å². The van der Waals surface area contributed by atoms with Crippen molar-refractivity contribution < 1.29 is 0 Å². The molecule has 0 amide bonds. The molecule has 3 aromatic rings. The number of hydrogen-bond donors (Lipinski definition) is 1.